The fourth-order valence-electron chi connectivity index (χ4n) is 1.82. The van der Waals surface area contributed by atoms with Crippen molar-refractivity contribution in [3.05, 3.63) is 53.6 Å². The third kappa shape index (κ3) is 3.29. The van der Waals surface area contributed by atoms with Gasteiger partial charge in [0.25, 0.3) is 0 Å². The zero-order chi connectivity index (χ0) is 13.8. The number of para-hydroxylation sites is 1. The van der Waals surface area contributed by atoms with E-state index in [1.54, 1.807) is 12.4 Å². The third-order valence-electron chi connectivity index (χ3n) is 2.74. The van der Waals surface area contributed by atoms with Gasteiger partial charge >= 0.3 is 0 Å². The van der Waals surface area contributed by atoms with Crippen LogP contribution in [0.25, 0.3) is 0 Å². The monoisotopic (exact) mass is 257 g/mol. The van der Waals surface area contributed by atoms with Gasteiger partial charge in [0.15, 0.2) is 0 Å². The van der Waals surface area contributed by atoms with E-state index in [2.05, 4.69) is 9.97 Å². The van der Waals surface area contributed by atoms with Gasteiger partial charge in [0.1, 0.15) is 5.75 Å². The van der Waals surface area contributed by atoms with Crippen molar-refractivity contribution < 1.29 is 4.74 Å². The van der Waals surface area contributed by atoms with Crippen LogP contribution in [0.3, 0.4) is 0 Å². The Morgan fingerprint density at radius 1 is 1.11 bits per heavy atom. The minimum atomic E-state index is -0.331. The van der Waals surface area contributed by atoms with E-state index >= 15 is 0 Å². The molecule has 2 aromatic rings. The topological polar surface area (TPSA) is 61.0 Å². The molecule has 19 heavy (non-hydrogen) atoms. The number of nitrogens with two attached hydrogens (primary N) is 1. The number of ether oxygens (including phenoxy) is 1. The Bertz CT molecular complexity index is 537. The maximum atomic E-state index is 6.26. The van der Waals surface area contributed by atoms with E-state index in [0.717, 1.165) is 22.7 Å². The predicted molar refractivity (Wildman–Crippen MR) is 75.0 cm³/mol. The predicted octanol–water partition coefficient (Wildman–Crippen LogP) is 2.62. The summed E-state index contributed by atoms with van der Waals surface area (Å²) in [6.45, 7) is 5.89. The lowest BCUT2D eigenvalue weighted by molar-refractivity contribution is 0.239. The van der Waals surface area contributed by atoms with E-state index in [-0.39, 0.29) is 12.1 Å². The molecule has 4 nitrogen and oxygen atoms in total. The van der Waals surface area contributed by atoms with Crippen molar-refractivity contribution in [3.8, 4) is 5.75 Å². The number of nitrogens with zero attached hydrogens (tertiary/aromatic N) is 2. The molecule has 1 aromatic heterocycles. The third-order valence-corrected chi connectivity index (χ3v) is 2.74. The van der Waals surface area contributed by atoms with Crippen molar-refractivity contribution in [2.45, 2.75) is 32.9 Å². The molecule has 2 N–H and O–H groups in total. The average Bonchev–Trinajstić information content (AvgIpc) is 2.39. The molecule has 0 saturated heterocycles. The molecule has 1 unspecified atom stereocenters. The summed E-state index contributed by atoms with van der Waals surface area (Å²) in [4.78, 5) is 8.56. The number of aromatic nitrogens is 2. The first-order valence-corrected chi connectivity index (χ1v) is 6.37. The number of aryl methyl sites for hydroxylation is 1. The first-order chi connectivity index (χ1) is 9.08. The molecule has 0 aliphatic carbocycles. The minimum Gasteiger partial charge on any atom is -0.491 e. The van der Waals surface area contributed by atoms with Crippen molar-refractivity contribution in [2.24, 2.45) is 5.73 Å². The fraction of sp³-hybridized carbons (Fsp3) is 0.333. The summed E-state index contributed by atoms with van der Waals surface area (Å²) >= 11 is 0. The van der Waals surface area contributed by atoms with Crippen LogP contribution in [0.4, 0.5) is 0 Å². The molecule has 1 atom stereocenters. The van der Waals surface area contributed by atoms with Gasteiger partial charge < -0.3 is 10.5 Å². The van der Waals surface area contributed by atoms with Gasteiger partial charge in [-0.3, -0.25) is 9.97 Å². The Hall–Kier alpha value is -1.94. The summed E-state index contributed by atoms with van der Waals surface area (Å²) < 4.78 is 5.78. The maximum absolute atomic E-state index is 6.26. The van der Waals surface area contributed by atoms with E-state index in [9.17, 15) is 0 Å². The Kier molecular flexibility index (Phi) is 4.12. The summed E-state index contributed by atoms with van der Waals surface area (Å²) in [5, 5.41) is 0. The molecule has 0 aliphatic rings. The van der Waals surface area contributed by atoms with Gasteiger partial charge in [0, 0.05) is 11.8 Å². The lowest BCUT2D eigenvalue weighted by atomic mass is 10.0. The average molecular weight is 257 g/mol. The highest BCUT2D eigenvalue weighted by atomic mass is 16.5. The first-order valence-electron chi connectivity index (χ1n) is 6.37. The molecule has 0 saturated carbocycles. The zero-order valence-corrected chi connectivity index (χ0v) is 11.5. The lowest BCUT2D eigenvalue weighted by Crippen LogP contribution is -2.17. The Labute approximate surface area is 113 Å². The Morgan fingerprint density at radius 2 is 1.84 bits per heavy atom. The van der Waals surface area contributed by atoms with Gasteiger partial charge in [-0.1, -0.05) is 18.2 Å². The molecular formula is C15H19N3O. The molecule has 100 valence electrons. The van der Waals surface area contributed by atoms with E-state index < -0.39 is 0 Å². The summed E-state index contributed by atoms with van der Waals surface area (Å²) in [5.74, 6) is 0.798. The smallest absolute Gasteiger partial charge is 0.124 e. The standard InChI is InChI=1S/C15H19N3O/c1-10(2)19-14-7-5-4-6-12(14)15(16)13-9-17-11(3)8-18-13/h4-10,15H,16H2,1-3H3. The van der Waals surface area contributed by atoms with Crippen LogP contribution in [0.1, 0.15) is 36.8 Å². The molecule has 0 bridgehead atoms. The second-order valence-corrected chi connectivity index (χ2v) is 4.76. The number of hydrogen-bond acceptors (Lipinski definition) is 4. The van der Waals surface area contributed by atoms with Crippen LogP contribution in [0.2, 0.25) is 0 Å². The number of benzene rings is 1. The van der Waals surface area contributed by atoms with Gasteiger partial charge in [-0.15, -0.1) is 0 Å². The van der Waals surface area contributed by atoms with Crippen LogP contribution in [0.15, 0.2) is 36.7 Å². The van der Waals surface area contributed by atoms with Gasteiger partial charge in [0.05, 0.1) is 29.7 Å². The van der Waals surface area contributed by atoms with Crippen molar-refractivity contribution in [1.29, 1.82) is 0 Å². The molecule has 0 fully saturated rings. The first kappa shape index (κ1) is 13.5. The van der Waals surface area contributed by atoms with Crippen molar-refractivity contribution in [1.82, 2.24) is 9.97 Å². The largest absolute Gasteiger partial charge is 0.491 e. The fourth-order valence-corrected chi connectivity index (χ4v) is 1.82. The second kappa shape index (κ2) is 5.80. The highest BCUT2D eigenvalue weighted by molar-refractivity contribution is 5.39. The Morgan fingerprint density at radius 3 is 2.47 bits per heavy atom. The number of rotatable bonds is 4. The SMILES string of the molecule is Cc1cnc(C(N)c2ccccc2OC(C)C)cn1. The molecule has 0 amide bonds. The van der Waals surface area contributed by atoms with Crippen LogP contribution in [-0.2, 0) is 0 Å². The lowest BCUT2D eigenvalue weighted by Gasteiger charge is -2.18. The second-order valence-electron chi connectivity index (χ2n) is 4.76. The van der Waals surface area contributed by atoms with Crippen molar-refractivity contribution in [2.75, 3.05) is 0 Å². The van der Waals surface area contributed by atoms with Crippen LogP contribution in [0, 0.1) is 6.92 Å². The van der Waals surface area contributed by atoms with Gasteiger partial charge in [-0.25, -0.2) is 0 Å². The molecule has 2 rings (SSSR count). The molecule has 1 heterocycles. The van der Waals surface area contributed by atoms with E-state index in [0.29, 0.717) is 0 Å². The minimum absolute atomic E-state index is 0.109. The van der Waals surface area contributed by atoms with Gasteiger partial charge in [-0.05, 0) is 26.8 Å². The van der Waals surface area contributed by atoms with Crippen LogP contribution in [0.5, 0.6) is 5.75 Å². The van der Waals surface area contributed by atoms with Gasteiger partial charge in [-0.2, -0.15) is 0 Å². The maximum Gasteiger partial charge on any atom is 0.124 e. The molecular weight excluding hydrogens is 238 g/mol. The summed E-state index contributed by atoms with van der Waals surface area (Å²) in [5.41, 5.74) is 8.80. The van der Waals surface area contributed by atoms with Crippen LogP contribution >= 0.6 is 0 Å². The number of hydrogen-bond donors (Lipinski definition) is 1. The molecule has 0 spiro atoms. The van der Waals surface area contributed by atoms with Crippen LogP contribution in [-0.4, -0.2) is 16.1 Å². The normalized spacial score (nSPS) is 12.5. The highest BCUT2D eigenvalue weighted by Crippen LogP contribution is 2.27. The van der Waals surface area contributed by atoms with Crippen molar-refractivity contribution in [3.63, 3.8) is 0 Å². The van der Waals surface area contributed by atoms with Crippen molar-refractivity contribution >= 4 is 0 Å². The molecule has 1 aromatic carbocycles. The summed E-state index contributed by atoms with van der Waals surface area (Å²) in [7, 11) is 0. The van der Waals surface area contributed by atoms with E-state index in [1.807, 2.05) is 45.0 Å². The zero-order valence-electron chi connectivity index (χ0n) is 11.5. The van der Waals surface area contributed by atoms with E-state index in [4.69, 9.17) is 10.5 Å². The quantitative estimate of drug-likeness (QED) is 0.914. The summed E-state index contributed by atoms with van der Waals surface area (Å²) in [6.07, 6.45) is 3.55. The van der Waals surface area contributed by atoms with Gasteiger partial charge in [0.2, 0.25) is 0 Å². The molecule has 0 radical (unpaired) electrons. The van der Waals surface area contributed by atoms with Crippen LogP contribution < -0.4 is 10.5 Å². The van der Waals surface area contributed by atoms with E-state index in [1.165, 1.54) is 0 Å². The Balaban J connectivity index is 2.32. The molecule has 4 heteroatoms. The molecule has 0 aliphatic heterocycles. The highest BCUT2D eigenvalue weighted by Gasteiger charge is 2.16. The summed E-state index contributed by atoms with van der Waals surface area (Å²) in [6, 6.07) is 7.45.